The van der Waals surface area contributed by atoms with E-state index in [0.717, 1.165) is 28.2 Å². The van der Waals surface area contributed by atoms with Crippen LogP contribution in [-0.2, 0) is 0 Å². The minimum Gasteiger partial charge on any atom is -0.497 e. The van der Waals surface area contributed by atoms with E-state index in [1.165, 1.54) is 6.39 Å². The molecule has 0 spiro atoms. The van der Waals surface area contributed by atoms with Crippen LogP contribution in [0, 0.1) is 0 Å². The van der Waals surface area contributed by atoms with Gasteiger partial charge in [-0.05, 0) is 29.3 Å². The van der Waals surface area contributed by atoms with Crippen molar-refractivity contribution in [2.24, 2.45) is 0 Å². The topological polar surface area (TPSA) is 35.3 Å². The van der Waals surface area contributed by atoms with Crippen LogP contribution in [0.25, 0.3) is 22.5 Å². The summed E-state index contributed by atoms with van der Waals surface area (Å²) in [7, 11) is 1.67. The molecule has 3 aromatic rings. The van der Waals surface area contributed by atoms with Gasteiger partial charge in [-0.1, -0.05) is 30.3 Å². The van der Waals surface area contributed by atoms with E-state index in [1.807, 2.05) is 36.4 Å². The molecule has 0 saturated carbocycles. The first-order chi connectivity index (χ1) is 9.36. The summed E-state index contributed by atoms with van der Waals surface area (Å²) >= 11 is 0. The van der Waals surface area contributed by atoms with E-state index in [1.54, 1.807) is 13.3 Å². The lowest BCUT2D eigenvalue weighted by Crippen LogP contribution is -1.83. The number of hydrogen-bond donors (Lipinski definition) is 0. The highest BCUT2D eigenvalue weighted by Crippen LogP contribution is 2.27. The molecule has 0 aliphatic heterocycles. The Bertz CT molecular complexity index is 657. The van der Waals surface area contributed by atoms with Crippen molar-refractivity contribution in [1.82, 2.24) is 4.98 Å². The number of hydrogen-bond acceptors (Lipinski definition) is 3. The third-order valence-corrected chi connectivity index (χ3v) is 3.00. The lowest BCUT2D eigenvalue weighted by molar-refractivity contribution is 0.415. The van der Waals surface area contributed by atoms with Gasteiger partial charge in [0.1, 0.15) is 5.75 Å². The van der Waals surface area contributed by atoms with Crippen molar-refractivity contribution in [2.45, 2.75) is 0 Å². The second-order valence-corrected chi connectivity index (χ2v) is 4.17. The fourth-order valence-electron chi connectivity index (χ4n) is 1.99. The minimum atomic E-state index is 0.773. The fraction of sp³-hybridized carbons (Fsp3) is 0.0625. The molecule has 2 aromatic carbocycles. The molecule has 3 heteroatoms. The molecule has 3 nitrogen and oxygen atoms in total. The van der Waals surface area contributed by atoms with E-state index in [9.17, 15) is 0 Å². The van der Waals surface area contributed by atoms with Crippen molar-refractivity contribution < 1.29 is 9.15 Å². The molecule has 0 unspecified atom stereocenters. The minimum absolute atomic E-state index is 0.773. The van der Waals surface area contributed by atoms with Crippen molar-refractivity contribution in [1.29, 1.82) is 0 Å². The summed E-state index contributed by atoms with van der Waals surface area (Å²) in [4.78, 5) is 3.94. The highest BCUT2D eigenvalue weighted by atomic mass is 16.5. The van der Waals surface area contributed by atoms with Gasteiger partial charge >= 0.3 is 0 Å². The van der Waals surface area contributed by atoms with E-state index in [4.69, 9.17) is 9.15 Å². The summed E-state index contributed by atoms with van der Waals surface area (Å²) in [6, 6.07) is 16.2. The summed E-state index contributed by atoms with van der Waals surface area (Å²) in [6.07, 6.45) is 3.16. The smallest absolute Gasteiger partial charge is 0.181 e. The highest BCUT2D eigenvalue weighted by Gasteiger charge is 2.04. The van der Waals surface area contributed by atoms with E-state index in [0.29, 0.717) is 0 Å². The summed E-state index contributed by atoms with van der Waals surface area (Å²) < 4.78 is 10.5. The van der Waals surface area contributed by atoms with E-state index < -0.39 is 0 Å². The van der Waals surface area contributed by atoms with Crippen LogP contribution in [0.1, 0.15) is 0 Å². The molecule has 1 heterocycles. The third kappa shape index (κ3) is 2.36. The van der Waals surface area contributed by atoms with Crippen molar-refractivity contribution >= 4 is 0 Å². The van der Waals surface area contributed by atoms with Gasteiger partial charge in [0, 0.05) is 5.56 Å². The highest BCUT2D eigenvalue weighted by molar-refractivity contribution is 5.70. The average Bonchev–Trinajstić information content (AvgIpc) is 3.02. The molecular weight excluding hydrogens is 238 g/mol. The van der Waals surface area contributed by atoms with Crippen LogP contribution in [-0.4, -0.2) is 12.1 Å². The lowest BCUT2D eigenvalue weighted by atomic mass is 10.0. The Balaban J connectivity index is 1.98. The zero-order chi connectivity index (χ0) is 13.1. The second-order valence-electron chi connectivity index (χ2n) is 4.17. The van der Waals surface area contributed by atoms with Gasteiger partial charge in [-0.15, -0.1) is 0 Å². The molecule has 0 fully saturated rings. The molecule has 0 bridgehead atoms. The van der Waals surface area contributed by atoms with Gasteiger partial charge in [0.05, 0.1) is 13.3 Å². The zero-order valence-corrected chi connectivity index (χ0v) is 10.5. The number of benzene rings is 2. The van der Waals surface area contributed by atoms with Crippen molar-refractivity contribution in [3.05, 3.63) is 61.1 Å². The fourth-order valence-corrected chi connectivity index (χ4v) is 1.99. The number of aromatic nitrogens is 1. The molecule has 0 atom stereocenters. The van der Waals surface area contributed by atoms with Gasteiger partial charge in [-0.25, -0.2) is 4.98 Å². The molecule has 3 rings (SSSR count). The predicted molar refractivity (Wildman–Crippen MR) is 73.9 cm³/mol. The third-order valence-electron chi connectivity index (χ3n) is 3.00. The van der Waals surface area contributed by atoms with Crippen LogP contribution in [0.15, 0.2) is 65.5 Å². The summed E-state index contributed by atoms with van der Waals surface area (Å²) in [5.41, 5.74) is 3.30. The van der Waals surface area contributed by atoms with Crippen LogP contribution in [0.4, 0.5) is 0 Å². The Kier molecular flexibility index (Phi) is 3.02. The summed E-state index contributed by atoms with van der Waals surface area (Å²) in [6.45, 7) is 0. The Hall–Kier alpha value is -2.55. The Morgan fingerprint density at radius 2 is 1.74 bits per heavy atom. The number of oxazole rings is 1. The molecule has 0 aliphatic rings. The SMILES string of the molecule is COc1ccc(-c2cccc(-c3cnco3)c2)cc1. The number of ether oxygens (including phenoxy) is 1. The van der Waals surface area contributed by atoms with Crippen LogP contribution in [0.5, 0.6) is 5.75 Å². The first-order valence-electron chi connectivity index (χ1n) is 6.00. The molecule has 0 radical (unpaired) electrons. The van der Waals surface area contributed by atoms with Gasteiger partial charge in [-0.3, -0.25) is 0 Å². The van der Waals surface area contributed by atoms with Gasteiger partial charge in [0.15, 0.2) is 12.2 Å². The lowest BCUT2D eigenvalue weighted by Gasteiger charge is -2.05. The van der Waals surface area contributed by atoms with E-state index in [2.05, 4.69) is 17.1 Å². The maximum Gasteiger partial charge on any atom is 0.181 e. The number of rotatable bonds is 3. The molecule has 0 aliphatic carbocycles. The quantitative estimate of drug-likeness (QED) is 0.705. The first-order valence-corrected chi connectivity index (χ1v) is 6.00. The van der Waals surface area contributed by atoms with Crippen molar-refractivity contribution in [3.63, 3.8) is 0 Å². The monoisotopic (exact) mass is 251 g/mol. The zero-order valence-electron chi connectivity index (χ0n) is 10.5. The predicted octanol–water partition coefficient (Wildman–Crippen LogP) is 4.02. The summed E-state index contributed by atoms with van der Waals surface area (Å²) in [5, 5.41) is 0. The average molecular weight is 251 g/mol. The molecular formula is C16H13NO2. The van der Waals surface area contributed by atoms with Crippen molar-refractivity contribution in [2.75, 3.05) is 7.11 Å². The largest absolute Gasteiger partial charge is 0.497 e. The Morgan fingerprint density at radius 1 is 0.947 bits per heavy atom. The van der Waals surface area contributed by atoms with Gasteiger partial charge in [-0.2, -0.15) is 0 Å². The second kappa shape index (κ2) is 4.98. The standard InChI is InChI=1S/C16H13NO2/c1-18-15-7-5-12(6-8-15)13-3-2-4-14(9-13)16-10-17-11-19-16/h2-11H,1H3. The van der Waals surface area contributed by atoms with Gasteiger partial charge in [0.2, 0.25) is 0 Å². The molecule has 0 saturated heterocycles. The van der Waals surface area contributed by atoms with Crippen molar-refractivity contribution in [3.8, 4) is 28.2 Å². The normalized spacial score (nSPS) is 10.4. The molecule has 1 aromatic heterocycles. The Labute approximate surface area is 111 Å². The van der Waals surface area contributed by atoms with Crippen LogP contribution >= 0.6 is 0 Å². The molecule has 0 N–H and O–H groups in total. The molecule has 0 amide bonds. The van der Waals surface area contributed by atoms with Gasteiger partial charge in [0.25, 0.3) is 0 Å². The maximum absolute atomic E-state index is 5.32. The molecule has 94 valence electrons. The van der Waals surface area contributed by atoms with Crippen LogP contribution in [0.3, 0.4) is 0 Å². The molecule has 19 heavy (non-hydrogen) atoms. The number of nitrogens with zero attached hydrogens (tertiary/aromatic N) is 1. The van der Waals surface area contributed by atoms with Gasteiger partial charge < -0.3 is 9.15 Å². The number of methoxy groups -OCH3 is 1. The first kappa shape index (κ1) is 11.5. The Morgan fingerprint density at radius 3 is 2.42 bits per heavy atom. The summed E-state index contributed by atoms with van der Waals surface area (Å²) in [5.74, 6) is 1.63. The maximum atomic E-state index is 5.32. The van der Waals surface area contributed by atoms with Crippen LogP contribution < -0.4 is 4.74 Å². The van der Waals surface area contributed by atoms with E-state index >= 15 is 0 Å². The van der Waals surface area contributed by atoms with E-state index in [-0.39, 0.29) is 0 Å². The van der Waals surface area contributed by atoms with Crippen LogP contribution in [0.2, 0.25) is 0 Å².